The van der Waals surface area contributed by atoms with E-state index in [-0.39, 0.29) is 6.42 Å². The Morgan fingerprint density at radius 2 is 2.12 bits per heavy atom. The summed E-state index contributed by atoms with van der Waals surface area (Å²) in [6.07, 6.45) is 0.316. The molecule has 0 radical (unpaired) electrons. The van der Waals surface area contributed by atoms with Gasteiger partial charge >= 0.3 is 5.97 Å². The molecule has 1 N–H and O–H groups in total. The van der Waals surface area contributed by atoms with Gasteiger partial charge in [0.05, 0.1) is 12.1 Å². The van der Waals surface area contributed by atoms with Crippen molar-refractivity contribution >= 4 is 23.3 Å². The standard InChI is InChI=1S/C12H14ClNO3/c1-8-5-9(7-10(13)6-8)11(14-17-2)3-4-12(15)16/h5-7H,3-4H2,1-2H3,(H,15,16)/b14-11+. The molecule has 17 heavy (non-hydrogen) atoms. The number of nitrogens with zero attached hydrogens (tertiary/aromatic N) is 1. The fourth-order valence-electron chi connectivity index (χ4n) is 1.48. The van der Waals surface area contributed by atoms with Crippen LogP contribution in [-0.4, -0.2) is 23.9 Å². The first kappa shape index (κ1) is 13.5. The zero-order valence-electron chi connectivity index (χ0n) is 9.74. The molecule has 0 saturated heterocycles. The van der Waals surface area contributed by atoms with Gasteiger partial charge in [-0.2, -0.15) is 0 Å². The first-order chi connectivity index (χ1) is 8.02. The van der Waals surface area contributed by atoms with Crippen molar-refractivity contribution in [2.24, 2.45) is 5.16 Å². The predicted molar refractivity (Wildman–Crippen MR) is 66.6 cm³/mol. The zero-order chi connectivity index (χ0) is 12.8. The number of carboxylic acids is 1. The summed E-state index contributed by atoms with van der Waals surface area (Å²) in [7, 11) is 1.43. The molecule has 1 aromatic rings. The third-order valence-corrected chi connectivity index (χ3v) is 2.37. The maximum atomic E-state index is 10.6. The lowest BCUT2D eigenvalue weighted by molar-refractivity contribution is -0.136. The predicted octanol–water partition coefficient (Wildman–Crippen LogP) is 2.86. The van der Waals surface area contributed by atoms with Gasteiger partial charge in [-0.3, -0.25) is 4.79 Å². The van der Waals surface area contributed by atoms with Crippen molar-refractivity contribution in [3.8, 4) is 0 Å². The fourth-order valence-corrected chi connectivity index (χ4v) is 1.77. The van der Waals surface area contributed by atoms with Gasteiger partial charge in [-0.25, -0.2) is 0 Å². The van der Waals surface area contributed by atoms with Crippen LogP contribution in [0.5, 0.6) is 0 Å². The Kier molecular flexibility index (Phi) is 4.97. The van der Waals surface area contributed by atoms with E-state index in [1.54, 1.807) is 6.07 Å². The van der Waals surface area contributed by atoms with Gasteiger partial charge in [-0.05, 0) is 30.7 Å². The number of rotatable bonds is 5. The van der Waals surface area contributed by atoms with Crippen molar-refractivity contribution in [3.63, 3.8) is 0 Å². The molecule has 0 spiro atoms. The Labute approximate surface area is 105 Å². The largest absolute Gasteiger partial charge is 0.481 e. The van der Waals surface area contributed by atoms with E-state index in [9.17, 15) is 4.79 Å². The van der Waals surface area contributed by atoms with E-state index in [4.69, 9.17) is 21.5 Å². The van der Waals surface area contributed by atoms with Crippen LogP contribution >= 0.6 is 11.6 Å². The number of hydrogen-bond donors (Lipinski definition) is 1. The minimum absolute atomic E-state index is 0.00769. The summed E-state index contributed by atoms with van der Waals surface area (Å²) in [6.45, 7) is 1.91. The number of halogens is 1. The molecule has 0 aliphatic heterocycles. The first-order valence-corrected chi connectivity index (χ1v) is 5.50. The highest BCUT2D eigenvalue weighted by molar-refractivity contribution is 6.31. The average molecular weight is 256 g/mol. The Morgan fingerprint density at radius 3 is 2.65 bits per heavy atom. The first-order valence-electron chi connectivity index (χ1n) is 5.12. The van der Waals surface area contributed by atoms with Crippen LogP contribution in [0.2, 0.25) is 5.02 Å². The molecule has 4 nitrogen and oxygen atoms in total. The summed E-state index contributed by atoms with van der Waals surface area (Å²) in [4.78, 5) is 15.3. The van der Waals surface area contributed by atoms with E-state index in [1.165, 1.54) is 7.11 Å². The maximum Gasteiger partial charge on any atom is 0.303 e. The Balaban J connectivity index is 2.97. The molecule has 0 saturated carbocycles. The molecule has 0 unspecified atom stereocenters. The summed E-state index contributed by atoms with van der Waals surface area (Å²) in [5, 5.41) is 13.1. The lowest BCUT2D eigenvalue weighted by Gasteiger charge is -2.06. The van der Waals surface area contributed by atoms with Gasteiger partial charge in [0.25, 0.3) is 0 Å². The molecule has 1 rings (SSSR count). The smallest absolute Gasteiger partial charge is 0.303 e. The molecule has 0 atom stereocenters. The molecule has 0 bridgehead atoms. The summed E-state index contributed by atoms with van der Waals surface area (Å²) in [6, 6.07) is 5.46. The molecule has 0 fully saturated rings. The summed E-state index contributed by atoms with van der Waals surface area (Å²) in [5.41, 5.74) is 2.37. The van der Waals surface area contributed by atoms with Crippen molar-refractivity contribution in [2.45, 2.75) is 19.8 Å². The van der Waals surface area contributed by atoms with Crippen molar-refractivity contribution in [1.29, 1.82) is 0 Å². The van der Waals surface area contributed by atoms with E-state index in [0.717, 1.165) is 11.1 Å². The highest BCUT2D eigenvalue weighted by Gasteiger charge is 2.09. The van der Waals surface area contributed by atoms with E-state index in [2.05, 4.69) is 5.16 Å². The third-order valence-electron chi connectivity index (χ3n) is 2.15. The molecule has 0 aromatic heterocycles. The molecule has 92 valence electrons. The number of carboxylic acid groups (broad SMARTS) is 1. The van der Waals surface area contributed by atoms with Crippen LogP contribution in [0.4, 0.5) is 0 Å². The van der Waals surface area contributed by atoms with Crippen molar-refractivity contribution in [3.05, 3.63) is 34.3 Å². The quantitative estimate of drug-likeness (QED) is 0.650. The number of hydrogen-bond acceptors (Lipinski definition) is 3. The molecule has 0 amide bonds. The van der Waals surface area contributed by atoms with Crippen LogP contribution in [0, 0.1) is 6.92 Å². The minimum atomic E-state index is -0.868. The maximum absolute atomic E-state index is 10.6. The van der Waals surface area contributed by atoms with Crippen LogP contribution in [0.3, 0.4) is 0 Å². The number of oxime groups is 1. The van der Waals surface area contributed by atoms with Gasteiger partial charge in [0, 0.05) is 17.0 Å². The zero-order valence-corrected chi connectivity index (χ0v) is 10.5. The molecule has 5 heteroatoms. The van der Waals surface area contributed by atoms with E-state index >= 15 is 0 Å². The van der Waals surface area contributed by atoms with Crippen molar-refractivity contribution in [1.82, 2.24) is 0 Å². The Bertz CT molecular complexity index is 423. The normalized spacial score (nSPS) is 11.4. The van der Waals surface area contributed by atoms with Crippen molar-refractivity contribution in [2.75, 3.05) is 7.11 Å². The van der Waals surface area contributed by atoms with E-state index < -0.39 is 5.97 Å². The van der Waals surface area contributed by atoms with Crippen LogP contribution in [0.1, 0.15) is 24.0 Å². The summed E-state index contributed by atoms with van der Waals surface area (Å²) in [5.74, 6) is -0.868. The van der Waals surface area contributed by atoms with Gasteiger partial charge in [0.1, 0.15) is 7.11 Å². The number of carbonyl (C=O) groups is 1. The highest BCUT2D eigenvalue weighted by atomic mass is 35.5. The van der Waals surface area contributed by atoms with Gasteiger partial charge in [-0.1, -0.05) is 16.8 Å². The second-order valence-corrected chi connectivity index (χ2v) is 4.07. The van der Waals surface area contributed by atoms with Gasteiger partial charge < -0.3 is 9.94 Å². The fraction of sp³-hybridized carbons (Fsp3) is 0.333. The molecule has 1 aromatic carbocycles. The molecule has 0 aliphatic carbocycles. The Hall–Kier alpha value is -1.55. The van der Waals surface area contributed by atoms with Gasteiger partial charge in [0.15, 0.2) is 0 Å². The second-order valence-electron chi connectivity index (χ2n) is 3.63. The molecule has 0 aliphatic rings. The lowest BCUT2D eigenvalue weighted by atomic mass is 10.0. The topological polar surface area (TPSA) is 58.9 Å². The summed E-state index contributed by atoms with van der Waals surface area (Å²) >= 11 is 5.94. The van der Waals surface area contributed by atoms with E-state index in [1.807, 2.05) is 19.1 Å². The Morgan fingerprint density at radius 1 is 1.41 bits per heavy atom. The van der Waals surface area contributed by atoms with E-state index in [0.29, 0.717) is 17.2 Å². The van der Waals surface area contributed by atoms with Crippen LogP contribution in [0.15, 0.2) is 23.4 Å². The number of aryl methyl sites for hydroxylation is 1. The van der Waals surface area contributed by atoms with Gasteiger partial charge in [-0.15, -0.1) is 0 Å². The number of benzene rings is 1. The monoisotopic (exact) mass is 255 g/mol. The molecular weight excluding hydrogens is 242 g/mol. The SMILES string of the molecule is CO/N=C(\CCC(=O)O)c1cc(C)cc(Cl)c1. The average Bonchev–Trinajstić information content (AvgIpc) is 2.22. The molecule has 0 heterocycles. The number of aliphatic carboxylic acids is 1. The van der Waals surface area contributed by atoms with Crippen LogP contribution in [0.25, 0.3) is 0 Å². The second kappa shape index (κ2) is 6.25. The lowest BCUT2D eigenvalue weighted by Crippen LogP contribution is -2.06. The highest BCUT2D eigenvalue weighted by Crippen LogP contribution is 2.17. The van der Waals surface area contributed by atoms with Gasteiger partial charge in [0.2, 0.25) is 0 Å². The minimum Gasteiger partial charge on any atom is -0.481 e. The third kappa shape index (κ3) is 4.44. The van der Waals surface area contributed by atoms with Crippen LogP contribution in [-0.2, 0) is 9.63 Å². The van der Waals surface area contributed by atoms with Crippen molar-refractivity contribution < 1.29 is 14.7 Å². The van der Waals surface area contributed by atoms with Crippen LogP contribution < -0.4 is 0 Å². The molecular formula is C12H14ClNO3. The summed E-state index contributed by atoms with van der Waals surface area (Å²) < 4.78 is 0.